The van der Waals surface area contributed by atoms with Crippen molar-refractivity contribution < 1.29 is 13.9 Å². The molecule has 0 saturated carbocycles. The largest absolute Gasteiger partial charge is 0.451 e. The summed E-state index contributed by atoms with van der Waals surface area (Å²) in [6, 6.07) is 9.40. The third-order valence-electron chi connectivity index (χ3n) is 4.26. The predicted octanol–water partition coefficient (Wildman–Crippen LogP) is 2.26. The molecule has 1 aliphatic rings. The molecular formula is C17H18N4O3. The van der Waals surface area contributed by atoms with Gasteiger partial charge in [0.25, 0.3) is 5.91 Å². The van der Waals surface area contributed by atoms with Gasteiger partial charge in [0.05, 0.1) is 13.2 Å². The van der Waals surface area contributed by atoms with E-state index in [-0.39, 0.29) is 12.0 Å². The molecule has 1 aliphatic heterocycles. The van der Waals surface area contributed by atoms with Crippen molar-refractivity contribution in [1.29, 1.82) is 0 Å². The second kappa shape index (κ2) is 6.09. The summed E-state index contributed by atoms with van der Waals surface area (Å²) in [5.74, 6) is 0.982. The number of morpholine rings is 1. The summed E-state index contributed by atoms with van der Waals surface area (Å²) in [6.45, 7) is 4.22. The number of amides is 1. The number of rotatable bonds is 3. The molecule has 1 saturated heterocycles. The second-order valence-corrected chi connectivity index (χ2v) is 5.73. The summed E-state index contributed by atoms with van der Waals surface area (Å²) >= 11 is 0. The molecular weight excluding hydrogens is 308 g/mol. The van der Waals surface area contributed by atoms with Crippen LogP contribution >= 0.6 is 0 Å². The third kappa shape index (κ3) is 2.56. The van der Waals surface area contributed by atoms with Gasteiger partial charge in [0.15, 0.2) is 11.6 Å². The van der Waals surface area contributed by atoms with Crippen molar-refractivity contribution in [3.63, 3.8) is 0 Å². The van der Waals surface area contributed by atoms with Crippen molar-refractivity contribution in [2.45, 2.75) is 19.6 Å². The van der Waals surface area contributed by atoms with Crippen LogP contribution in [0, 0.1) is 0 Å². The highest BCUT2D eigenvalue weighted by atomic mass is 16.5. The van der Waals surface area contributed by atoms with Gasteiger partial charge in [-0.05, 0) is 19.1 Å². The molecule has 0 bridgehead atoms. The first-order chi connectivity index (χ1) is 11.8. The highest BCUT2D eigenvalue weighted by Crippen LogP contribution is 2.24. The molecule has 24 heavy (non-hydrogen) atoms. The number of aryl methyl sites for hydroxylation is 1. The average Bonchev–Trinajstić information content (AvgIpc) is 3.27. The van der Waals surface area contributed by atoms with Crippen LogP contribution in [-0.2, 0) is 11.3 Å². The standard InChI is InChI=1S/C17H18N4O3/c1-2-20-11-18-19-16(20)15-10-21(7-8-23-15)17(22)14-9-12-5-3-4-6-13(12)24-14/h3-6,9,11,15H,2,7-8,10H2,1H3/t15-/m1/s1. The normalized spacial score (nSPS) is 18.2. The summed E-state index contributed by atoms with van der Waals surface area (Å²) in [4.78, 5) is 14.5. The molecule has 0 aliphatic carbocycles. The zero-order valence-corrected chi connectivity index (χ0v) is 13.4. The quantitative estimate of drug-likeness (QED) is 0.738. The van der Waals surface area contributed by atoms with Crippen molar-refractivity contribution in [1.82, 2.24) is 19.7 Å². The van der Waals surface area contributed by atoms with E-state index in [9.17, 15) is 4.79 Å². The van der Waals surface area contributed by atoms with Crippen LogP contribution in [-0.4, -0.2) is 45.3 Å². The monoisotopic (exact) mass is 326 g/mol. The number of nitrogens with zero attached hydrogens (tertiary/aromatic N) is 4. The van der Waals surface area contributed by atoms with Crippen molar-refractivity contribution >= 4 is 16.9 Å². The molecule has 124 valence electrons. The predicted molar refractivity (Wildman–Crippen MR) is 86.5 cm³/mol. The van der Waals surface area contributed by atoms with Gasteiger partial charge in [-0.3, -0.25) is 4.79 Å². The molecule has 2 aromatic heterocycles. The summed E-state index contributed by atoms with van der Waals surface area (Å²) < 4.78 is 13.4. The van der Waals surface area contributed by atoms with E-state index < -0.39 is 0 Å². The number of para-hydroxylation sites is 1. The second-order valence-electron chi connectivity index (χ2n) is 5.73. The minimum absolute atomic E-state index is 0.123. The lowest BCUT2D eigenvalue weighted by Crippen LogP contribution is -2.42. The van der Waals surface area contributed by atoms with E-state index in [0.717, 1.165) is 23.3 Å². The number of benzene rings is 1. The van der Waals surface area contributed by atoms with Crippen LogP contribution < -0.4 is 0 Å². The first-order valence-electron chi connectivity index (χ1n) is 8.03. The molecule has 3 aromatic rings. The Morgan fingerprint density at radius 1 is 1.38 bits per heavy atom. The Bertz CT molecular complexity index is 836. The Morgan fingerprint density at radius 3 is 3.08 bits per heavy atom. The first kappa shape index (κ1) is 14.9. The van der Waals surface area contributed by atoms with Crippen LogP contribution in [0.15, 0.2) is 41.1 Å². The minimum atomic E-state index is -0.269. The maximum absolute atomic E-state index is 12.8. The molecule has 0 N–H and O–H groups in total. The van der Waals surface area contributed by atoms with Gasteiger partial charge in [-0.25, -0.2) is 0 Å². The van der Waals surface area contributed by atoms with E-state index >= 15 is 0 Å². The van der Waals surface area contributed by atoms with Crippen molar-refractivity contribution in [3.05, 3.63) is 48.2 Å². The van der Waals surface area contributed by atoms with Gasteiger partial charge < -0.3 is 18.6 Å². The summed E-state index contributed by atoms with van der Waals surface area (Å²) in [6.07, 6.45) is 1.41. The summed E-state index contributed by atoms with van der Waals surface area (Å²) in [5.41, 5.74) is 0.719. The molecule has 0 radical (unpaired) electrons. The number of hydrogen-bond acceptors (Lipinski definition) is 5. The molecule has 1 fully saturated rings. The van der Waals surface area contributed by atoms with Gasteiger partial charge in [0.1, 0.15) is 18.0 Å². The Morgan fingerprint density at radius 2 is 2.25 bits per heavy atom. The molecule has 0 unspecified atom stereocenters. The average molecular weight is 326 g/mol. The lowest BCUT2D eigenvalue weighted by Gasteiger charge is -2.31. The van der Waals surface area contributed by atoms with Gasteiger partial charge in [0, 0.05) is 18.5 Å². The fourth-order valence-corrected chi connectivity index (χ4v) is 2.99. The highest BCUT2D eigenvalue weighted by Gasteiger charge is 2.30. The highest BCUT2D eigenvalue weighted by molar-refractivity contribution is 5.96. The molecule has 3 heterocycles. The van der Waals surface area contributed by atoms with Crippen LogP contribution in [0.3, 0.4) is 0 Å². The Kier molecular flexibility index (Phi) is 3.78. The fourth-order valence-electron chi connectivity index (χ4n) is 2.99. The third-order valence-corrected chi connectivity index (χ3v) is 4.26. The van der Waals surface area contributed by atoms with Crippen LogP contribution in [0.5, 0.6) is 0 Å². The molecule has 1 amide bonds. The lowest BCUT2D eigenvalue weighted by atomic mass is 10.2. The van der Waals surface area contributed by atoms with Crippen LogP contribution in [0.1, 0.15) is 29.4 Å². The molecule has 7 heteroatoms. The first-order valence-corrected chi connectivity index (χ1v) is 8.03. The molecule has 0 spiro atoms. The Hall–Kier alpha value is -2.67. The number of furan rings is 1. The number of aromatic nitrogens is 3. The molecule has 4 rings (SSSR count). The number of hydrogen-bond donors (Lipinski definition) is 0. The smallest absolute Gasteiger partial charge is 0.289 e. The Balaban J connectivity index is 1.56. The van der Waals surface area contributed by atoms with Crippen molar-refractivity contribution in [3.8, 4) is 0 Å². The number of carbonyl (C=O) groups excluding carboxylic acids is 1. The van der Waals surface area contributed by atoms with Gasteiger partial charge in [-0.2, -0.15) is 0 Å². The number of ether oxygens (including phenoxy) is 1. The molecule has 1 aromatic carbocycles. The van der Waals surface area contributed by atoms with Crippen molar-refractivity contribution in [2.75, 3.05) is 19.7 Å². The van der Waals surface area contributed by atoms with E-state index in [1.54, 1.807) is 17.3 Å². The molecule has 1 atom stereocenters. The summed E-state index contributed by atoms with van der Waals surface area (Å²) in [5, 5.41) is 9.00. The van der Waals surface area contributed by atoms with E-state index in [0.29, 0.717) is 25.5 Å². The van der Waals surface area contributed by atoms with Gasteiger partial charge >= 0.3 is 0 Å². The van der Waals surface area contributed by atoms with Gasteiger partial charge in [-0.1, -0.05) is 18.2 Å². The zero-order valence-electron chi connectivity index (χ0n) is 13.4. The Labute approximate surface area is 138 Å². The molecule has 7 nitrogen and oxygen atoms in total. The minimum Gasteiger partial charge on any atom is -0.451 e. The lowest BCUT2D eigenvalue weighted by molar-refractivity contribution is -0.0292. The van der Waals surface area contributed by atoms with Gasteiger partial charge in [0.2, 0.25) is 0 Å². The van der Waals surface area contributed by atoms with Crippen LogP contribution in [0.25, 0.3) is 11.0 Å². The van der Waals surface area contributed by atoms with Gasteiger partial charge in [-0.15, -0.1) is 10.2 Å². The zero-order chi connectivity index (χ0) is 16.5. The number of carbonyl (C=O) groups is 1. The van der Waals surface area contributed by atoms with E-state index in [2.05, 4.69) is 10.2 Å². The SMILES string of the molecule is CCn1cnnc1[C@H]1CN(C(=O)c2cc3ccccc3o2)CCO1. The van der Waals surface area contributed by atoms with Crippen molar-refractivity contribution in [2.24, 2.45) is 0 Å². The maximum Gasteiger partial charge on any atom is 0.289 e. The number of fused-ring (bicyclic) bond motifs is 1. The van der Waals surface area contributed by atoms with E-state index in [4.69, 9.17) is 9.15 Å². The fraction of sp³-hybridized carbons (Fsp3) is 0.353. The maximum atomic E-state index is 12.8. The van der Waals surface area contributed by atoms with E-state index in [1.165, 1.54) is 0 Å². The summed E-state index contributed by atoms with van der Waals surface area (Å²) in [7, 11) is 0. The van der Waals surface area contributed by atoms with E-state index in [1.807, 2.05) is 35.8 Å². The topological polar surface area (TPSA) is 73.4 Å². The van der Waals surface area contributed by atoms with Crippen LogP contribution in [0.2, 0.25) is 0 Å². The van der Waals surface area contributed by atoms with Crippen LogP contribution in [0.4, 0.5) is 0 Å².